The lowest BCUT2D eigenvalue weighted by Crippen LogP contribution is -2.45. The van der Waals surface area contributed by atoms with Crippen LogP contribution in [-0.2, 0) is 15.0 Å². The summed E-state index contributed by atoms with van der Waals surface area (Å²) in [6.45, 7) is 0. The van der Waals surface area contributed by atoms with Crippen LogP contribution in [0.3, 0.4) is 0 Å². The van der Waals surface area contributed by atoms with E-state index in [1.807, 2.05) is 42.5 Å². The molecular weight excluding hydrogens is 240 g/mol. The number of rotatable bonds is 3. The summed E-state index contributed by atoms with van der Waals surface area (Å²) < 4.78 is 0. The maximum Gasteiger partial charge on any atom is 0.222 e. The summed E-state index contributed by atoms with van der Waals surface area (Å²) >= 11 is 0. The highest BCUT2D eigenvalue weighted by atomic mass is 16.2. The monoisotopic (exact) mass is 256 g/mol. The van der Waals surface area contributed by atoms with Gasteiger partial charge in [-0.25, -0.2) is 0 Å². The molecule has 2 amide bonds. The lowest BCUT2D eigenvalue weighted by Gasteiger charge is -2.33. The fraction of sp³-hybridized carbons (Fsp3) is 0.333. The summed E-state index contributed by atoms with van der Waals surface area (Å²) in [5.41, 5.74) is 11.6. The molecule has 3 rings (SSSR count). The smallest absolute Gasteiger partial charge is 0.222 e. The maximum atomic E-state index is 11.9. The molecule has 1 aromatic carbocycles. The molecule has 0 radical (unpaired) electrons. The highest BCUT2D eigenvalue weighted by Gasteiger charge is 2.59. The van der Waals surface area contributed by atoms with E-state index in [0.29, 0.717) is 0 Å². The Balaban J connectivity index is 2.13. The van der Waals surface area contributed by atoms with Crippen LogP contribution in [-0.4, -0.2) is 11.8 Å². The molecule has 98 valence electrons. The van der Waals surface area contributed by atoms with E-state index < -0.39 is 29.1 Å². The zero-order valence-electron chi connectivity index (χ0n) is 10.5. The van der Waals surface area contributed by atoms with Gasteiger partial charge >= 0.3 is 0 Å². The van der Waals surface area contributed by atoms with Gasteiger partial charge in [0, 0.05) is 5.41 Å². The second-order valence-electron chi connectivity index (χ2n) is 5.44. The van der Waals surface area contributed by atoms with Crippen LogP contribution in [0, 0.1) is 17.8 Å². The van der Waals surface area contributed by atoms with Crippen molar-refractivity contribution in [2.45, 2.75) is 11.8 Å². The zero-order chi connectivity index (χ0) is 13.6. The number of carbonyl (C=O) groups is 2. The first kappa shape index (κ1) is 12.0. The van der Waals surface area contributed by atoms with Gasteiger partial charge in [0.15, 0.2) is 0 Å². The molecule has 4 N–H and O–H groups in total. The van der Waals surface area contributed by atoms with E-state index in [4.69, 9.17) is 11.5 Å². The molecule has 4 nitrogen and oxygen atoms in total. The van der Waals surface area contributed by atoms with Gasteiger partial charge in [-0.3, -0.25) is 9.59 Å². The molecule has 0 saturated heterocycles. The standard InChI is InChI=1S/C15H16N2O2/c16-13(18)11-9-6-7-15(8-9,12(11)14(17)19)10-4-2-1-3-5-10/h1-7,9,11-12H,8H2,(H2,16,18)(H2,17,19). The number of allylic oxidation sites excluding steroid dienone is 2. The van der Waals surface area contributed by atoms with Crippen molar-refractivity contribution in [1.29, 1.82) is 0 Å². The third-order valence-electron chi connectivity index (χ3n) is 4.54. The molecule has 1 aromatic rings. The van der Waals surface area contributed by atoms with E-state index in [-0.39, 0.29) is 5.92 Å². The summed E-state index contributed by atoms with van der Waals surface area (Å²) in [6.07, 6.45) is 4.77. The number of hydrogen-bond acceptors (Lipinski definition) is 2. The van der Waals surface area contributed by atoms with Gasteiger partial charge < -0.3 is 11.5 Å². The van der Waals surface area contributed by atoms with E-state index in [2.05, 4.69) is 0 Å². The SMILES string of the molecule is NC(=O)C1C2C=CC(c3ccccc3)(C2)C1C(N)=O. The first-order valence-corrected chi connectivity index (χ1v) is 6.40. The number of primary amides is 2. The number of benzene rings is 1. The molecule has 1 saturated carbocycles. The van der Waals surface area contributed by atoms with Crippen LogP contribution in [0.1, 0.15) is 12.0 Å². The predicted molar refractivity (Wildman–Crippen MR) is 70.7 cm³/mol. The lowest BCUT2D eigenvalue weighted by molar-refractivity contribution is -0.132. The summed E-state index contributed by atoms with van der Waals surface area (Å²) in [6, 6.07) is 9.75. The van der Waals surface area contributed by atoms with E-state index in [1.54, 1.807) is 0 Å². The normalized spacial score (nSPS) is 35.5. The van der Waals surface area contributed by atoms with Gasteiger partial charge in [-0.2, -0.15) is 0 Å². The van der Waals surface area contributed by atoms with Gasteiger partial charge in [-0.15, -0.1) is 0 Å². The van der Waals surface area contributed by atoms with E-state index in [9.17, 15) is 9.59 Å². The number of hydrogen-bond donors (Lipinski definition) is 2. The summed E-state index contributed by atoms with van der Waals surface area (Å²) in [4.78, 5) is 23.5. The molecule has 0 aromatic heterocycles. The second-order valence-corrected chi connectivity index (χ2v) is 5.44. The van der Waals surface area contributed by atoms with Crippen molar-refractivity contribution in [3.05, 3.63) is 48.0 Å². The number of nitrogens with two attached hydrogens (primary N) is 2. The molecule has 2 aliphatic carbocycles. The van der Waals surface area contributed by atoms with Gasteiger partial charge in [0.1, 0.15) is 0 Å². The van der Waals surface area contributed by atoms with E-state index in [1.165, 1.54) is 0 Å². The first-order valence-electron chi connectivity index (χ1n) is 6.40. The van der Waals surface area contributed by atoms with Crippen LogP contribution in [0.2, 0.25) is 0 Å². The van der Waals surface area contributed by atoms with Crippen molar-refractivity contribution in [2.75, 3.05) is 0 Å². The first-order chi connectivity index (χ1) is 9.06. The van der Waals surface area contributed by atoms with Crippen LogP contribution in [0.4, 0.5) is 0 Å². The summed E-state index contributed by atoms with van der Waals surface area (Å²) in [7, 11) is 0. The van der Waals surface area contributed by atoms with Crippen molar-refractivity contribution < 1.29 is 9.59 Å². The summed E-state index contributed by atoms with van der Waals surface area (Å²) in [5.74, 6) is -1.88. The van der Waals surface area contributed by atoms with Crippen LogP contribution >= 0.6 is 0 Å². The zero-order valence-corrected chi connectivity index (χ0v) is 10.5. The van der Waals surface area contributed by atoms with E-state index >= 15 is 0 Å². The van der Waals surface area contributed by atoms with Crippen molar-refractivity contribution in [1.82, 2.24) is 0 Å². The van der Waals surface area contributed by atoms with Crippen LogP contribution in [0.5, 0.6) is 0 Å². The van der Waals surface area contributed by atoms with Gasteiger partial charge in [-0.1, -0.05) is 42.5 Å². The molecular formula is C15H16N2O2. The maximum absolute atomic E-state index is 11.9. The topological polar surface area (TPSA) is 86.2 Å². The van der Waals surface area contributed by atoms with Gasteiger partial charge in [0.25, 0.3) is 0 Å². The third kappa shape index (κ3) is 1.52. The molecule has 4 atom stereocenters. The average Bonchev–Trinajstić information content (AvgIpc) is 2.96. The Labute approximate surface area is 111 Å². The Bertz CT molecular complexity index is 567. The number of amides is 2. The van der Waals surface area contributed by atoms with Crippen molar-refractivity contribution in [3.8, 4) is 0 Å². The number of fused-ring (bicyclic) bond motifs is 2. The third-order valence-corrected chi connectivity index (χ3v) is 4.54. The molecule has 4 heteroatoms. The molecule has 19 heavy (non-hydrogen) atoms. The highest BCUT2D eigenvalue weighted by Crippen LogP contribution is 2.57. The Morgan fingerprint density at radius 3 is 2.37 bits per heavy atom. The molecule has 0 heterocycles. The van der Waals surface area contributed by atoms with Crippen molar-refractivity contribution in [2.24, 2.45) is 29.2 Å². The minimum atomic E-state index is -0.539. The molecule has 2 aliphatic rings. The molecule has 2 bridgehead atoms. The molecule has 0 aliphatic heterocycles. The highest BCUT2D eigenvalue weighted by molar-refractivity contribution is 5.90. The largest absolute Gasteiger partial charge is 0.369 e. The van der Waals surface area contributed by atoms with Crippen LogP contribution in [0.25, 0.3) is 0 Å². The van der Waals surface area contributed by atoms with Gasteiger partial charge in [0.05, 0.1) is 11.8 Å². The van der Waals surface area contributed by atoms with Gasteiger partial charge in [0.2, 0.25) is 11.8 Å². The fourth-order valence-corrected chi connectivity index (χ4v) is 3.81. The summed E-state index contributed by atoms with van der Waals surface area (Å²) in [5, 5.41) is 0. The predicted octanol–water partition coefficient (Wildman–Crippen LogP) is 0.717. The lowest BCUT2D eigenvalue weighted by atomic mass is 9.69. The van der Waals surface area contributed by atoms with Crippen LogP contribution < -0.4 is 11.5 Å². The average molecular weight is 256 g/mol. The second kappa shape index (κ2) is 3.95. The van der Waals surface area contributed by atoms with Gasteiger partial charge in [-0.05, 0) is 17.9 Å². The van der Waals surface area contributed by atoms with Crippen molar-refractivity contribution >= 4 is 11.8 Å². The fourth-order valence-electron chi connectivity index (χ4n) is 3.81. The van der Waals surface area contributed by atoms with Crippen molar-refractivity contribution in [3.63, 3.8) is 0 Å². The Kier molecular flexibility index (Phi) is 2.49. The molecule has 4 unspecified atom stereocenters. The molecule has 0 spiro atoms. The van der Waals surface area contributed by atoms with E-state index in [0.717, 1.165) is 12.0 Å². The Morgan fingerprint density at radius 2 is 1.79 bits per heavy atom. The quantitative estimate of drug-likeness (QED) is 0.781. The molecule has 1 fully saturated rings. The number of carbonyl (C=O) groups excluding carboxylic acids is 2. The minimum absolute atomic E-state index is 0.0233. The Hall–Kier alpha value is -2.10. The van der Waals surface area contributed by atoms with Crippen LogP contribution in [0.15, 0.2) is 42.5 Å². The Morgan fingerprint density at radius 1 is 1.11 bits per heavy atom. The minimum Gasteiger partial charge on any atom is -0.369 e.